The van der Waals surface area contributed by atoms with Crippen LogP contribution in [0.2, 0.25) is 5.02 Å². The molecule has 0 radical (unpaired) electrons. The van der Waals surface area contributed by atoms with E-state index in [1.54, 1.807) is 11.3 Å². The van der Waals surface area contributed by atoms with Gasteiger partial charge in [-0.15, -0.1) is 21.5 Å². The Labute approximate surface area is 155 Å². The maximum atomic E-state index is 6.54. The summed E-state index contributed by atoms with van der Waals surface area (Å²) in [4.78, 5) is 0.819. The third kappa shape index (κ3) is 2.96. The molecule has 0 atom stereocenters. The lowest BCUT2D eigenvalue weighted by atomic mass is 10.0. The molecule has 126 valence electrons. The summed E-state index contributed by atoms with van der Waals surface area (Å²) in [5, 5.41) is 10.1. The molecule has 0 aliphatic rings. The summed E-state index contributed by atoms with van der Waals surface area (Å²) in [5.74, 6) is 1.47. The maximum Gasteiger partial charge on any atom is 0.259 e. The van der Waals surface area contributed by atoms with Gasteiger partial charge in [0, 0.05) is 15.6 Å². The van der Waals surface area contributed by atoms with Crippen LogP contribution in [0.25, 0.3) is 32.3 Å². The quantitative estimate of drug-likeness (QED) is 0.403. The summed E-state index contributed by atoms with van der Waals surface area (Å²) in [5.41, 5.74) is 3.40. The Kier molecular flexibility index (Phi) is 4.10. The van der Waals surface area contributed by atoms with Crippen molar-refractivity contribution < 1.29 is 4.42 Å². The lowest BCUT2D eigenvalue weighted by Crippen LogP contribution is -1.86. The molecule has 0 unspecified atom stereocenters. The minimum absolute atomic E-state index is 0.465. The van der Waals surface area contributed by atoms with Crippen LogP contribution >= 0.6 is 22.9 Å². The van der Waals surface area contributed by atoms with Gasteiger partial charge in [-0.2, -0.15) is 0 Å². The average molecular weight is 369 g/mol. The fraction of sp³-hybridized carbons (Fsp3) is 0.200. The monoisotopic (exact) mass is 368 g/mol. The molecule has 25 heavy (non-hydrogen) atoms. The number of hydrogen-bond acceptors (Lipinski definition) is 4. The summed E-state index contributed by atoms with van der Waals surface area (Å²) in [7, 11) is 0. The highest BCUT2D eigenvalue weighted by atomic mass is 35.5. The molecule has 0 fully saturated rings. The van der Waals surface area contributed by atoms with Gasteiger partial charge in [-0.25, -0.2) is 0 Å². The first-order valence-electron chi connectivity index (χ1n) is 8.16. The number of hydrogen-bond donors (Lipinski definition) is 0. The second-order valence-corrected chi connectivity index (χ2v) is 7.86. The van der Waals surface area contributed by atoms with Crippen LogP contribution in [0.1, 0.15) is 30.9 Å². The van der Waals surface area contributed by atoms with Crippen LogP contribution in [0, 0.1) is 6.92 Å². The van der Waals surface area contributed by atoms with Crippen LogP contribution in [0.15, 0.2) is 46.9 Å². The predicted molar refractivity (Wildman–Crippen MR) is 104 cm³/mol. The van der Waals surface area contributed by atoms with E-state index in [1.165, 1.54) is 11.1 Å². The molecule has 4 rings (SSSR count). The smallest absolute Gasteiger partial charge is 0.259 e. The third-order valence-electron chi connectivity index (χ3n) is 4.23. The number of fused-ring (bicyclic) bond motifs is 1. The molecule has 2 aromatic carbocycles. The van der Waals surface area contributed by atoms with Gasteiger partial charge in [0.1, 0.15) is 4.88 Å². The summed E-state index contributed by atoms with van der Waals surface area (Å²) >= 11 is 8.12. The van der Waals surface area contributed by atoms with Gasteiger partial charge in [0.2, 0.25) is 5.89 Å². The average Bonchev–Trinajstić information content (AvgIpc) is 3.20. The van der Waals surface area contributed by atoms with Crippen molar-refractivity contribution in [3.63, 3.8) is 0 Å². The van der Waals surface area contributed by atoms with Gasteiger partial charge in [-0.1, -0.05) is 49.7 Å². The topological polar surface area (TPSA) is 38.9 Å². The van der Waals surface area contributed by atoms with Crippen molar-refractivity contribution in [2.24, 2.45) is 0 Å². The Morgan fingerprint density at radius 2 is 1.72 bits per heavy atom. The zero-order valence-corrected chi connectivity index (χ0v) is 15.8. The molecule has 2 heterocycles. The minimum Gasteiger partial charge on any atom is -0.415 e. The van der Waals surface area contributed by atoms with Crippen LogP contribution in [-0.4, -0.2) is 10.2 Å². The van der Waals surface area contributed by atoms with Gasteiger partial charge in [0.15, 0.2) is 0 Å². The number of benzene rings is 2. The van der Waals surface area contributed by atoms with E-state index in [-0.39, 0.29) is 0 Å². The molecule has 0 saturated heterocycles. The van der Waals surface area contributed by atoms with E-state index in [1.807, 2.05) is 18.2 Å². The zero-order valence-electron chi connectivity index (χ0n) is 14.2. The van der Waals surface area contributed by atoms with Crippen LogP contribution in [0.5, 0.6) is 0 Å². The van der Waals surface area contributed by atoms with Crippen molar-refractivity contribution in [1.82, 2.24) is 10.2 Å². The van der Waals surface area contributed by atoms with Crippen LogP contribution < -0.4 is 0 Å². The van der Waals surface area contributed by atoms with Crippen LogP contribution in [0.4, 0.5) is 0 Å². The SMILES string of the molecule is Cc1ccc2c(Cl)c(-c3nnc(-c4ccc(C(C)C)cc4)o3)sc2c1. The van der Waals surface area contributed by atoms with Crippen molar-refractivity contribution in [2.75, 3.05) is 0 Å². The molecule has 0 aliphatic heterocycles. The largest absolute Gasteiger partial charge is 0.415 e. The van der Waals surface area contributed by atoms with E-state index in [0.717, 1.165) is 20.5 Å². The van der Waals surface area contributed by atoms with Gasteiger partial charge in [-0.05, 0) is 42.2 Å². The molecule has 3 nitrogen and oxygen atoms in total. The molecule has 0 saturated carbocycles. The maximum absolute atomic E-state index is 6.54. The number of nitrogens with zero attached hydrogens (tertiary/aromatic N) is 2. The first kappa shape index (κ1) is 16.3. The summed E-state index contributed by atoms with van der Waals surface area (Å²) < 4.78 is 7.03. The number of aryl methyl sites for hydroxylation is 1. The highest BCUT2D eigenvalue weighted by Gasteiger charge is 2.18. The molecule has 0 amide bonds. The van der Waals surface area contributed by atoms with Crippen molar-refractivity contribution >= 4 is 33.0 Å². The van der Waals surface area contributed by atoms with E-state index in [9.17, 15) is 0 Å². The molecule has 4 aromatic rings. The zero-order chi connectivity index (χ0) is 17.6. The number of aromatic nitrogens is 2. The second-order valence-electron chi connectivity index (χ2n) is 6.43. The van der Waals surface area contributed by atoms with Gasteiger partial charge in [0.25, 0.3) is 5.89 Å². The molecule has 2 aromatic heterocycles. The highest BCUT2D eigenvalue weighted by Crippen LogP contribution is 2.42. The van der Waals surface area contributed by atoms with E-state index < -0.39 is 0 Å². The Morgan fingerprint density at radius 1 is 1.00 bits per heavy atom. The van der Waals surface area contributed by atoms with Gasteiger partial charge in [0.05, 0.1) is 5.02 Å². The lowest BCUT2D eigenvalue weighted by Gasteiger charge is -2.04. The second kappa shape index (κ2) is 6.28. The van der Waals surface area contributed by atoms with E-state index in [2.05, 4.69) is 55.2 Å². The van der Waals surface area contributed by atoms with Crippen molar-refractivity contribution in [1.29, 1.82) is 0 Å². The number of thiophene rings is 1. The molecular weight excluding hydrogens is 352 g/mol. The van der Waals surface area contributed by atoms with E-state index in [4.69, 9.17) is 16.0 Å². The Balaban J connectivity index is 1.73. The fourth-order valence-electron chi connectivity index (χ4n) is 2.75. The Bertz CT molecular complexity index is 1050. The Hall–Kier alpha value is -2.17. The van der Waals surface area contributed by atoms with Crippen LogP contribution in [0.3, 0.4) is 0 Å². The number of halogens is 1. The van der Waals surface area contributed by atoms with E-state index >= 15 is 0 Å². The fourth-order valence-corrected chi connectivity index (χ4v) is 4.28. The van der Waals surface area contributed by atoms with Crippen molar-refractivity contribution in [3.05, 3.63) is 58.6 Å². The minimum atomic E-state index is 0.465. The predicted octanol–water partition coefficient (Wildman–Crippen LogP) is 6.70. The molecule has 0 spiro atoms. The molecule has 5 heteroatoms. The van der Waals surface area contributed by atoms with Crippen LogP contribution in [-0.2, 0) is 0 Å². The molecular formula is C20H17ClN2OS. The lowest BCUT2D eigenvalue weighted by molar-refractivity contribution is 0.586. The van der Waals surface area contributed by atoms with Gasteiger partial charge >= 0.3 is 0 Å². The summed E-state index contributed by atoms with van der Waals surface area (Å²) in [6.07, 6.45) is 0. The van der Waals surface area contributed by atoms with Crippen molar-refractivity contribution in [3.8, 4) is 22.2 Å². The first-order chi connectivity index (χ1) is 12.0. The van der Waals surface area contributed by atoms with Gasteiger partial charge < -0.3 is 4.42 Å². The molecule has 0 aliphatic carbocycles. The van der Waals surface area contributed by atoms with E-state index in [0.29, 0.717) is 22.7 Å². The molecule has 0 N–H and O–H groups in total. The normalized spacial score (nSPS) is 11.6. The summed E-state index contributed by atoms with van der Waals surface area (Å²) in [6.45, 7) is 6.41. The third-order valence-corrected chi connectivity index (χ3v) is 5.87. The molecule has 0 bridgehead atoms. The van der Waals surface area contributed by atoms with Crippen molar-refractivity contribution in [2.45, 2.75) is 26.7 Å². The first-order valence-corrected chi connectivity index (χ1v) is 9.35. The number of rotatable bonds is 3. The highest BCUT2D eigenvalue weighted by molar-refractivity contribution is 7.23. The van der Waals surface area contributed by atoms with Gasteiger partial charge in [-0.3, -0.25) is 0 Å². The summed E-state index contributed by atoms with van der Waals surface area (Å²) in [6, 6.07) is 14.4. The standard InChI is InChI=1S/C20H17ClN2OS/c1-11(2)13-5-7-14(8-6-13)19-22-23-20(24-19)18-17(21)15-9-4-12(3)10-16(15)25-18/h4-11H,1-3H3. The Morgan fingerprint density at radius 3 is 2.44 bits per heavy atom.